The Balaban J connectivity index is 0.00000554. The Kier molecular flexibility index (Phi) is 28.0. The number of nitrogens with zero attached hydrogens (tertiary/aromatic N) is 5. The zero-order valence-corrected chi connectivity index (χ0v) is 49.6. The van der Waals surface area contributed by atoms with Crippen molar-refractivity contribution in [3.63, 3.8) is 0 Å². The maximum atomic E-state index is 14.1. The van der Waals surface area contributed by atoms with Gasteiger partial charge >= 0.3 is 0 Å². The van der Waals surface area contributed by atoms with Crippen molar-refractivity contribution in [2.75, 3.05) is 125 Å². The van der Waals surface area contributed by atoms with Crippen molar-refractivity contribution in [2.45, 2.75) is 126 Å². The van der Waals surface area contributed by atoms with Crippen LogP contribution in [-0.2, 0) is 36.7 Å². The standard InChI is InChI=1S/C61H91N7O8.C2H6/c1-10-68(11-2)32-35-75-59-45(3)42-47(43-46(59)4)58(70)57-51-19-13-15-21-53(51)76-54(57)22-16-23-56(69)62-29-33-71-36-38-73-40-41-74-39-37-72-34-31-66(8)30-17-28-63-60-50-18-12-14-20-52(50)64-55(65-60)44-67(9)49-26-24-48(25-27-49)61(5,6)7;1-2/h12-15,18-21,42-43,48-49H,10-11,16-17,22-41,44H2,1-9H3,(H,62,69)(H,63,64,65);1-2H3. The highest BCUT2D eigenvalue weighted by atomic mass is 16.6. The number of amides is 1. The first-order valence-electron chi connectivity index (χ1n) is 29.2. The van der Waals surface area contributed by atoms with Gasteiger partial charge in [0.1, 0.15) is 35.3 Å². The minimum atomic E-state index is -0.0967. The first kappa shape index (κ1) is 63.8. The van der Waals surface area contributed by atoms with Crippen molar-refractivity contribution in [3.8, 4) is 5.75 Å². The third-order valence-corrected chi connectivity index (χ3v) is 14.9. The summed E-state index contributed by atoms with van der Waals surface area (Å²) < 4.78 is 35.2. The van der Waals surface area contributed by atoms with E-state index in [9.17, 15) is 9.59 Å². The first-order chi connectivity index (χ1) is 37.7. The molecule has 1 fully saturated rings. The lowest BCUT2D eigenvalue weighted by Gasteiger charge is -2.39. The van der Waals surface area contributed by atoms with E-state index in [2.05, 4.69) is 98.3 Å². The molecule has 15 nitrogen and oxygen atoms in total. The van der Waals surface area contributed by atoms with E-state index in [-0.39, 0.29) is 11.7 Å². The quantitative estimate of drug-likeness (QED) is 0.0292. The van der Waals surface area contributed by atoms with Crippen LogP contribution in [0.4, 0.5) is 5.82 Å². The Morgan fingerprint density at radius 1 is 0.718 bits per heavy atom. The summed E-state index contributed by atoms with van der Waals surface area (Å²) in [5.74, 6) is 3.84. The van der Waals surface area contributed by atoms with Gasteiger partial charge in [-0.2, -0.15) is 0 Å². The fourth-order valence-electron chi connectivity index (χ4n) is 10.3. The number of hydrogen-bond acceptors (Lipinski definition) is 14. The van der Waals surface area contributed by atoms with Gasteiger partial charge in [-0.3, -0.25) is 14.5 Å². The normalized spacial score (nSPS) is 14.8. The molecule has 0 atom stereocenters. The van der Waals surface area contributed by atoms with E-state index in [1.54, 1.807) is 0 Å². The molecule has 2 aromatic heterocycles. The van der Waals surface area contributed by atoms with Crippen LogP contribution in [0.2, 0.25) is 0 Å². The van der Waals surface area contributed by atoms with E-state index in [4.69, 9.17) is 38.1 Å². The third kappa shape index (κ3) is 20.6. The molecular formula is C63H97N7O8. The predicted octanol–water partition coefficient (Wildman–Crippen LogP) is 10.9. The van der Waals surface area contributed by atoms with Gasteiger partial charge in [-0.05, 0) is 139 Å². The van der Waals surface area contributed by atoms with E-state index in [1.165, 1.54) is 25.7 Å². The molecule has 0 aliphatic heterocycles. The fourth-order valence-corrected chi connectivity index (χ4v) is 10.3. The molecule has 1 saturated carbocycles. The van der Waals surface area contributed by atoms with Crippen LogP contribution in [0, 0.1) is 25.2 Å². The third-order valence-electron chi connectivity index (χ3n) is 14.9. The molecule has 2 N–H and O–H groups in total. The van der Waals surface area contributed by atoms with E-state index >= 15 is 0 Å². The van der Waals surface area contributed by atoms with E-state index < -0.39 is 0 Å². The number of benzene rings is 3. The van der Waals surface area contributed by atoms with Crippen LogP contribution in [0.3, 0.4) is 0 Å². The number of rotatable bonds is 35. The Labute approximate surface area is 467 Å². The maximum absolute atomic E-state index is 14.1. The summed E-state index contributed by atoms with van der Waals surface area (Å²) in [5.41, 5.74) is 5.01. The van der Waals surface area contributed by atoms with Gasteiger partial charge in [0, 0.05) is 61.4 Å². The molecule has 5 aromatic rings. The summed E-state index contributed by atoms with van der Waals surface area (Å²) in [5, 5.41) is 8.39. The van der Waals surface area contributed by atoms with Gasteiger partial charge in [-0.1, -0.05) is 78.8 Å². The number of fused-ring (bicyclic) bond motifs is 2. The van der Waals surface area contributed by atoms with Crippen LogP contribution in [0.1, 0.15) is 132 Å². The number of anilines is 1. The molecule has 0 unspecified atom stereocenters. The van der Waals surface area contributed by atoms with Crippen LogP contribution in [0.15, 0.2) is 65.1 Å². The SMILES string of the molecule is CC.CCN(CC)CCOc1c(C)cc(C(=O)c2c(CCCC(=O)NCCOCCOCCOCCOCCN(C)CCCNc3nc(CN(C)C4CCC(C(C)(C)C)CC4)nc4ccccc34)oc3ccccc23)cc1C. The molecule has 0 saturated heterocycles. The Morgan fingerprint density at radius 3 is 1.99 bits per heavy atom. The minimum absolute atomic E-state index is 0.0757. The Hall–Kier alpha value is -5.00. The van der Waals surface area contributed by atoms with E-state index in [0.29, 0.717) is 119 Å². The smallest absolute Gasteiger partial charge is 0.220 e. The molecule has 2 heterocycles. The van der Waals surface area contributed by atoms with Crippen LogP contribution in [0.5, 0.6) is 5.75 Å². The molecule has 0 bridgehead atoms. The predicted molar refractivity (Wildman–Crippen MR) is 316 cm³/mol. The number of nitrogens with one attached hydrogen (secondary N) is 2. The molecule has 15 heteroatoms. The number of likely N-dealkylation sites (N-methyl/N-ethyl adjacent to an activating group) is 2. The molecule has 1 aliphatic rings. The van der Waals surface area contributed by atoms with Gasteiger partial charge in [0.05, 0.1) is 70.5 Å². The number of ether oxygens (including phenoxy) is 5. The summed E-state index contributed by atoms with van der Waals surface area (Å²) in [7, 11) is 4.36. The largest absolute Gasteiger partial charge is 0.492 e. The number of carbonyl (C=O) groups is 2. The summed E-state index contributed by atoms with van der Waals surface area (Å²) in [6.45, 7) is 30.4. The maximum Gasteiger partial charge on any atom is 0.220 e. The lowest BCUT2D eigenvalue weighted by molar-refractivity contribution is -0.121. The molecule has 432 valence electrons. The summed E-state index contributed by atoms with van der Waals surface area (Å²) in [4.78, 5) is 43.9. The number of furan rings is 1. The number of ketones is 1. The molecule has 1 aliphatic carbocycles. The number of carbonyl (C=O) groups excluding carboxylic acids is 2. The fraction of sp³-hybridized carbons (Fsp3) is 0.619. The summed E-state index contributed by atoms with van der Waals surface area (Å²) in [6.07, 6.45) is 7.33. The van der Waals surface area contributed by atoms with Gasteiger partial charge in [0.2, 0.25) is 5.91 Å². The van der Waals surface area contributed by atoms with Crippen LogP contribution >= 0.6 is 0 Å². The zero-order valence-electron chi connectivity index (χ0n) is 49.6. The van der Waals surface area contributed by atoms with Crippen molar-refractivity contribution < 1.29 is 37.7 Å². The van der Waals surface area contributed by atoms with Crippen molar-refractivity contribution >= 4 is 39.4 Å². The van der Waals surface area contributed by atoms with Crippen LogP contribution in [-0.4, -0.2) is 162 Å². The van der Waals surface area contributed by atoms with Gasteiger partial charge in [0.15, 0.2) is 5.78 Å². The zero-order chi connectivity index (χ0) is 56.3. The summed E-state index contributed by atoms with van der Waals surface area (Å²) in [6, 6.07) is 20.3. The second kappa shape index (κ2) is 34.2. The van der Waals surface area contributed by atoms with Crippen LogP contribution in [0.25, 0.3) is 21.9 Å². The molecule has 0 radical (unpaired) electrons. The first-order valence-corrected chi connectivity index (χ1v) is 29.2. The lowest BCUT2D eigenvalue weighted by atomic mass is 9.71. The van der Waals surface area contributed by atoms with Crippen molar-refractivity contribution in [1.82, 2.24) is 30.0 Å². The molecule has 3 aromatic carbocycles. The number of para-hydroxylation sites is 2. The number of aryl methyl sites for hydroxylation is 3. The van der Waals surface area contributed by atoms with E-state index in [0.717, 1.165) is 103 Å². The van der Waals surface area contributed by atoms with Gasteiger partial charge in [-0.15, -0.1) is 0 Å². The van der Waals surface area contributed by atoms with Crippen LogP contribution < -0.4 is 15.4 Å². The highest BCUT2D eigenvalue weighted by molar-refractivity contribution is 6.17. The molecule has 6 rings (SSSR count). The topological polar surface area (TPSA) is 153 Å². The Bertz CT molecular complexity index is 2510. The molecule has 0 spiro atoms. The number of hydrogen-bond donors (Lipinski definition) is 2. The average molecular weight is 1080 g/mol. The van der Waals surface area contributed by atoms with Gasteiger partial charge in [0.25, 0.3) is 0 Å². The molecule has 1 amide bonds. The average Bonchev–Trinajstić information content (AvgIpc) is 3.85. The lowest BCUT2D eigenvalue weighted by Crippen LogP contribution is -2.37. The molecule has 78 heavy (non-hydrogen) atoms. The Morgan fingerprint density at radius 2 is 1.33 bits per heavy atom. The van der Waals surface area contributed by atoms with Crippen molar-refractivity contribution in [3.05, 3.63) is 94.5 Å². The number of aromatic nitrogens is 2. The minimum Gasteiger partial charge on any atom is -0.492 e. The van der Waals surface area contributed by atoms with Crippen molar-refractivity contribution in [1.29, 1.82) is 0 Å². The second-order valence-electron chi connectivity index (χ2n) is 21.6. The second-order valence-corrected chi connectivity index (χ2v) is 21.6. The van der Waals surface area contributed by atoms with E-state index in [1.807, 2.05) is 64.1 Å². The van der Waals surface area contributed by atoms with Gasteiger partial charge < -0.3 is 48.5 Å². The summed E-state index contributed by atoms with van der Waals surface area (Å²) >= 11 is 0. The highest BCUT2D eigenvalue weighted by Crippen LogP contribution is 2.39. The molecular weight excluding hydrogens is 983 g/mol. The highest BCUT2D eigenvalue weighted by Gasteiger charge is 2.31. The monoisotopic (exact) mass is 1080 g/mol. The van der Waals surface area contributed by atoms with Gasteiger partial charge in [-0.25, -0.2) is 9.97 Å². The van der Waals surface area contributed by atoms with Crippen molar-refractivity contribution in [2.24, 2.45) is 11.3 Å².